The molecule has 2 N–H and O–H groups in total. The second-order valence-corrected chi connectivity index (χ2v) is 2.94. The summed E-state index contributed by atoms with van der Waals surface area (Å²) < 4.78 is 0. The van der Waals surface area contributed by atoms with E-state index in [4.69, 9.17) is 5.73 Å². The highest BCUT2D eigenvalue weighted by Gasteiger charge is 2.06. The molecular formula is C12H9N3. The van der Waals surface area contributed by atoms with E-state index in [0.29, 0.717) is 5.69 Å². The molecule has 0 atom stereocenters. The third kappa shape index (κ3) is 2.55. The lowest BCUT2D eigenvalue weighted by Gasteiger charge is -1.82. The van der Waals surface area contributed by atoms with Gasteiger partial charge in [0.05, 0.1) is 6.20 Å². The Labute approximate surface area is 88.0 Å². The molecular weight excluding hydrogens is 186 g/mol. The highest BCUT2D eigenvalue weighted by Crippen LogP contribution is 2.32. The molecule has 0 aromatic carbocycles. The normalized spacial score (nSPS) is 9.07. The summed E-state index contributed by atoms with van der Waals surface area (Å²) in [6.07, 6.45) is 4.71. The number of benzene rings is 1. The number of hydrogen-bond donors (Lipinski definition) is 1. The van der Waals surface area contributed by atoms with Crippen LogP contribution in [0.2, 0.25) is 0 Å². The topological polar surface area (TPSA) is 51.8 Å². The number of aromatic nitrogens is 2. The molecule has 0 unspecified atom stereocenters. The Bertz CT molecular complexity index is 492. The fourth-order valence-corrected chi connectivity index (χ4v) is 1.11. The SMILES string of the molecule is NC#Cc1cnccn1.c1cc2cc-2c1. The maximum Gasteiger partial charge on any atom is 0.133 e. The van der Waals surface area contributed by atoms with Gasteiger partial charge in [-0.25, -0.2) is 4.98 Å². The Morgan fingerprint density at radius 2 is 1.93 bits per heavy atom. The molecule has 2 aliphatic carbocycles. The van der Waals surface area contributed by atoms with Gasteiger partial charge in [-0.2, -0.15) is 0 Å². The van der Waals surface area contributed by atoms with E-state index in [1.54, 1.807) is 18.6 Å². The highest BCUT2D eigenvalue weighted by molar-refractivity contribution is 5.80. The monoisotopic (exact) mass is 195 g/mol. The summed E-state index contributed by atoms with van der Waals surface area (Å²) in [6, 6.07) is 10.7. The molecule has 3 rings (SSSR count). The molecule has 15 heavy (non-hydrogen) atoms. The molecule has 1 aromatic heterocycles. The third-order valence-corrected chi connectivity index (χ3v) is 1.88. The molecule has 72 valence electrons. The minimum atomic E-state index is 0.597. The average Bonchev–Trinajstić information content (AvgIpc) is 2.89. The second-order valence-electron chi connectivity index (χ2n) is 2.94. The number of nitrogens with two attached hydrogens (primary N) is 1. The van der Waals surface area contributed by atoms with E-state index in [1.165, 1.54) is 11.1 Å². The summed E-state index contributed by atoms with van der Waals surface area (Å²) in [5.74, 6) is 2.56. The predicted octanol–water partition coefficient (Wildman–Crippen LogP) is 1.41. The summed E-state index contributed by atoms with van der Waals surface area (Å²) in [4.78, 5) is 7.64. The number of nitrogens with zero attached hydrogens (tertiary/aromatic N) is 2. The van der Waals surface area contributed by atoms with Gasteiger partial charge >= 0.3 is 0 Å². The summed E-state index contributed by atoms with van der Waals surface area (Å²) in [7, 11) is 0. The largest absolute Gasteiger partial charge is 0.359 e. The Hall–Kier alpha value is -2.34. The van der Waals surface area contributed by atoms with Crippen LogP contribution in [0.15, 0.2) is 42.9 Å². The molecule has 0 fully saturated rings. The molecule has 3 nitrogen and oxygen atoms in total. The smallest absolute Gasteiger partial charge is 0.133 e. The lowest BCUT2D eigenvalue weighted by Crippen LogP contribution is -1.84. The highest BCUT2D eigenvalue weighted by atomic mass is 14.8. The third-order valence-electron chi connectivity index (χ3n) is 1.88. The van der Waals surface area contributed by atoms with Crippen LogP contribution in [0, 0.1) is 12.0 Å². The second kappa shape index (κ2) is 4.25. The van der Waals surface area contributed by atoms with E-state index in [0.717, 1.165) is 0 Å². The van der Waals surface area contributed by atoms with E-state index in [1.807, 2.05) is 0 Å². The van der Waals surface area contributed by atoms with Crippen molar-refractivity contribution in [3.8, 4) is 23.1 Å². The van der Waals surface area contributed by atoms with Crippen molar-refractivity contribution in [2.45, 2.75) is 0 Å². The van der Waals surface area contributed by atoms with Crippen molar-refractivity contribution in [3.05, 3.63) is 48.5 Å². The number of fused-ring (bicyclic) bond motifs is 1. The minimum Gasteiger partial charge on any atom is -0.359 e. The van der Waals surface area contributed by atoms with Gasteiger partial charge in [-0.3, -0.25) is 4.98 Å². The van der Waals surface area contributed by atoms with E-state index >= 15 is 0 Å². The molecule has 0 spiro atoms. The first-order chi connectivity index (χ1) is 7.40. The van der Waals surface area contributed by atoms with Crippen LogP contribution in [0.5, 0.6) is 0 Å². The molecule has 1 heterocycles. The number of rotatable bonds is 0. The van der Waals surface area contributed by atoms with Crippen molar-refractivity contribution in [3.63, 3.8) is 0 Å². The Balaban J connectivity index is 0.000000121. The quantitative estimate of drug-likeness (QED) is 0.436. The van der Waals surface area contributed by atoms with Crippen molar-refractivity contribution in [2.75, 3.05) is 0 Å². The first kappa shape index (κ1) is 9.22. The van der Waals surface area contributed by atoms with Crippen LogP contribution < -0.4 is 5.73 Å². The first-order valence-electron chi connectivity index (χ1n) is 4.48. The van der Waals surface area contributed by atoms with Gasteiger partial charge in [0.1, 0.15) is 5.69 Å². The summed E-state index contributed by atoms with van der Waals surface area (Å²) in [6.45, 7) is 0. The maximum absolute atomic E-state index is 4.93. The van der Waals surface area contributed by atoms with Crippen molar-refractivity contribution in [2.24, 2.45) is 5.73 Å². The van der Waals surface area contributed by atoms with Crippen LogP contribution in [-0.2, 0) is 0 Å². The first-order valence-corrected chi connectivity index (χ1v) is 4.48. The van der Waals surface area contributed by atoms with Crippen LogP contribution in [0.1, 0.15) is 5.69 Å². The van der Waals surface area contributed by atoms with Gasteiger partial charge in [-0.15, -0.1) is 0 Å². The fourth-order valence-electron chi connectivity index (χ4n) is 1.11. The van der Waals surface area contributed by atoms with Gasteiger partial charge in [0.15, 0.2) is 0 Å². The fraction of sp³-hybridized carbons (Fsp3) is 0. The molecule has 1 aromatic rings. The Morgan fingerprint density at radius 3 is 2.33 bits per heavy atom. The molecule has 0 radical (unpaired) electrons. The van der Waals surface area contributed by atoms with Crippen LogP contribution in [0.25, 0.3) is 11.1 Å². The maximum atomic E-state index is 4.93. The van der Waals surface area contributed by atoms with Crippen LogP contribution in [-0.4, -0.2) is 9.97 Å². The summed E-state index contributed by atoms with van der Waals surface area (Å²) in [5, 5.41) is 0. The molecule has 0 saturated heterocycles. The van der Waals surface area contributed by atoms with Gasteiger partial charge in [-0.1, -0.05) is 18.2 Å². The molecule has 2 aliphatic rings. The Morgan fingerprint density at radius 1 is 1.13 bits per heavy atom. The lowest BCUT2D eigenvalue weighted by molar-refractivity contribution is 1.17. The van der Waals surface area contributed by atoms with Gasteiger partial charge in [-0.05, 0) is 23.1 Å². The van der Waals surface area contributed by atoms with Gasteiger partial charge in [0, 0.05) is 18.4 Å². The zero-order valence-corrected chi connectivity index (χ0v) is 8.01. The van der Waals surface area contributed by atoms with Crippen LogP contribution >= 0.6 is 0 Å². The lowest BCUT2D eigenvalue weighted by atomic mass is 10.5. The van der Waals surface area contributed by atoms with E-state index < -0.39 is 0 Å². The standard InChI is InChI=1S/C6H5N3.C6H4/c7-2-1-6-5-8-3-4-9-6;1-2-5-4-6(5)3-1/h3-5H,7H2;1-4H. The van der Waals surface area contributed by atoms with E-state index in [2.05, 4.69) is 46.2 Å². The van der Waals surface area contributed by atoms with E-state index in [9.17, 15) is 0 Å². The molecule has 0 amide bonds. The molecule has 0 bridgehead atoms. The van der Waals surface area contributed by atoms with Crippen molar-refractivity contribution < 1.29 is 0 Å². The number of hydrogen-bond acceptors (Lipinski definition) is 3. The molecule has 0 saturated carbocycles. The summed E-state index contributed by atoms with van der Waals surface area (Å²) in [5.41, 5.74) is 8.38. The van der Waals surface area contributed by atoms with Gasteiger partial charge in [0.25, 0.3) is 0 Å². The van der Waals surface area contributed by atoms with Crippen molar-refractivity contribution >= 4 is 0 Å². The minimum absolute atomic E-state index is 0.597. The zero-order chi connectivity index (χ0) is 10.5. The van der Waals surface area contributed by atoms with Crippen molar-refractivity contribution in [1.82, 2.24) is 9.97 Å². The van der Waals surface area contributed by atoms with Gasteiger partial charge < -0.3 is 5.73 Å². The van der Waals surface area contributed by atoms with Crippen LogP contribution in [0.3, 0.4) is 0 Å². The van der Waals surface area contributed by atoms with Gasteiger partial charge in [0.2, 0.25) is 0 Å². The Kier molecular flexibility index (Phi) is 2.61. The predicted molar refractivity (Wildman–Crippen MR) is 58.5 cm³/mol. The molecule has 0 aliphatic heterocycles. The molecule has 3 heteroatoms. The van der Waals surface area contributed by atoms with Crippen molar-refractivity contribution in [1.29, 1.82) is 0 Å². The van der Waals surface area contributed by atoms with Crippen LogP contribution in [0.4, 0.5) is 0 Å². The summed E-state index contributed by atoms with van der Waals surface area (Å²) >= 11 is 0. The van der Waals surface area contributed by atoms with E-state index in [-0.39, 0.29) is 0 Å². The zero-order valence-electron chi connectivity index (χ0n) is 8.01. The average molecular weight is 195 g/mol.